The number of likely N-dealkylation sites (N-methyl/N-ethyl adjacent to an activating group) is 1. The van der Waals surface area contributed by atoms with Gasteiger partial charge in [0.2, 0.25) is 0 Å². The van der Waals surface area contributed by atoms with Gasteiger partial charge < -0.3 is 30.2 Å². The van der Waals surface area contributed by atoms with E-state index in [0.29, 0.717) is 28.9 Å². The zero-order chi connectivity index (χ0) is 26.8. The molecule has 0 bridgehead atoms. The van der Waals surface area contributed by atoms with Crippen LogP contribution >= 0.6 is 23.5 Å². The van der Waals surface area contributed by atoms with Crippen molar-refractivity contribution in [2.45, 2.75) is 17.9 Å². The summed E-state index contributed by atoms with van der Waals surface area (Å²) in [6, 6.07) is 10.5. The number of carbonyl (C=O) groups is 1. The zero-order valence-corrected chi connectivity index (χ0v) is 23.1. The summed E-state index contributed by atoms with van der Waals surface area (Å²) in [6.45, 7) is 6.29. The maximum atomic E-state index is 12.8. The van der Waals surface area contributed by atoms with Crippen molar-refractivity contribution in [2.24, 2.45) is 10.7 Å². The van der Waals surface area contributed by atoms with Crippen LogP contribution in [-0.4, -0.2) is 81.0 Å². The second-order valence-corrected chi connectivity index (χ2v) is 10.1. The van der Waals surface area contributed by atoms with Crippen molar-refractivity contribution in [1.82, 2.24) is 14.5 Å². The third kappa shape index (κ3) is 9.24. The zero-order valence-electron chi connectivity index (χ0n) is 21.6. The summed E-state index contributed by atoms with van der Waals surface area (Å²) >= 11 is 8.25. The summed E-state index contributed by atoms with van der Waals surface area (Å²) in [5, 5.41) is 3.26. The lowest BCUT2D eigenvalue weighted by Crippen LogP contribution is -2.40. The van der Waals surface area contributed by atoms with Crippen molar-refractivity contribution in [3.05, 3.63) is 59.3 Å². The molecule has 11 heteroatoms. The first kappa shape index (κ1) is 28.8. The van der Waals surface area contributed by atoms with Crippen molar-refractivity contribution < 1.29 is 19.0 Å². The van der Waals surface area contributed by atoms with Crippen LogP contribution in [0.5, 0.6) is 17.2 Å². The number of rotatable bonds is 11. The first-order valence-corrected chi connectivity index (χ1v) is 13.0. The lowest BCUT2D eigenvalue weighted by atomic mass is 10.2. The Morgan fingerprint density at radius 2 is 1.95 bits per heavy atom. The quantitative estimate of drug-likeness (QED) is 0.245. The molecule has 0 spiro atoms. The third-order valence-electron chi connectivity index (χ3n) is 5.34. The number of amidine groups is 1. The number of aliphatic imine (C=N–C) groups is 1. The molecule has 1 heterocycles. The molecule has 1 saturated heterocycles. The van der Waals surface area contributed by atoms with Gasteiger partial charge in [0.05, 0.1) is 11.6 Å². The van der Waals surface area contributed by atoms with Crippen LogP contribution in [0, 0.1) is 0 Å². The molecule has 1 unspecified atom stereocenters. The van der Waals surface area contributed by atoms with E-state index in [2.05, 4.69) is 26.6 Å². The minimum absolute atomic E-state index is 0.0670. The van der Waals surface area contributed by atoms with Gasteiger partial charge in [-0.3, -0.25) is 4.79 Å². The van der Waals surface area contributed by atoms with Gasteiger partial charge in [-0.05, 0) is 68.5 Å². The monoisotopic (exact) mass is 547 g/mol. The number of nitrogens with zero attached hydrogens (tertiary/aromatic N) is 3. The fourth-order valence-electron chi connectivity index (χ4n) is 3.49. The number of nitrogens with two attached hydrogens (primary N) is 1. The van der Waals surface area contributed by atoms with E-state index in [1.807, 2.05) is 25.1 Å². The van der Waals surface area contributed by atoms with E-state index >= 15 is 0 Å². The van der Waals surface area contributed by atoms with Crippen molar-refractivity contribution in [3.63, 3.8) is 0 Å². The Morgan fingerprint density at radius 1 is 1.22 bits per heavy atom. The van der Waals surface area contributed by atoms with Gasteiger partial charge in [0, 0.05) is 56.9 Å². The van der Waals surface area contributed by atoms with Crippen LogP contribution in [0.1, 0.15) is 17.3 Å². The molecule has 1 fully saturated rings. The van der Waals surface area contributed by atoms with Gasteiger partial charge in [-0.1, -0.05) is 11.6 Å². The molecule has 3 N–H and O–H groups in total. The average molecular weight is 548 g/mol. The van der Waals surface area contributed by atoms with Crippen LogP contribution < -0.4 is 20.5 Å². The van der Waals surface area contributed by atoms with Crippen molar-refractivity contribution >= 4 is 35.3 Å². The second-order valence-electron chi connectivity index (χ2n) is 8.56. The molecule has 2 aromatic carbocycles. The number of methoxy groups -OCH3 is 1. The van der Waals surface area contributed by atoms with Crippen molar-refractivity contribution in [2.75, 3.05) is 54.0 Å². The molecule has 0 saturated carbocycles. The molecule has 0 radical (unpaired) electrons. The Labute approximate surface area is 227 Å². The fraction of sp³-hybridized carbons (Fsp3) is 0.385. The van der Waals surface area contributed by atoms with E-state index in [4.69, 9.17) is 31.5 Å². The standard InChI is InChI=1S/C26H34ClN5O4S/c1-18(17-34-4)35-20-13-19(26(33)30-25(28)7-8-29-2)14-21(15-20)36-24-6-5-22(16-23(24)27)37-32-11-9-31(3)10-12-32/h5-8,13-16,18,29H,9-12,17H2,1-4H3,(H2,28,30,33)/b8-7-. The van der Waals surface area contributed by atoms with Crippen molar-refractivity contribution in [3.8, 4) is 17.2 Å². The van der Waals surface area contributed by atoms with E-state index in [1.54, 1.807) is 50.5 Å². The maximum Gasteiger partial charge on any atom is 0.279 e. The van der Waals surface area contributed by atoms with Crippen LogP contribution in [0.3, 0.4) is 0 Å². The Balaban J connectivity index is 1.81. The van der Waals surface area contributed by atoms with E-state index in [9.17, 15) is 4.79 Å². The highest BCUT2D eigenvalue weighted by Gasteiger charge is 2.17. The number of piperazine rings is 1. The molecule has 0 aliphatic carbocycles. The molecule has 9 nitrogen and oxygen atoms in total. The van der Waals surface area contributed by atoms with Crippen LogP contribution in [0.2, 0.25) is 5.02 Å². The molecule has 0 aromatic heterocycles. The number of hydrogen-bond acceptors (Lipinski definition) is 8. The first-order chi connectivity index (χ1) is 17.8. The number of carbonyl (C=O) groups excluding carboxylic acids is 1. The molecule has 3 rings (SSSR count). The summed E-state index contributed by atoms with van der Waals surface area (Å²) in [6.07, 6.45) is 2.84. The van der Waals surface area contributed by atoms with Crippen LogP contribution in [-0.2, 0) is 4.74 Å². The van der Waals surface area contributed by atoms with E-state index in [1.165, 1.54) is 6.08 Å². The van der Waals surface area contributed by atoms with E-state index in [0.717, 1.165) is 31.1 Å². The molecular weight excluding hydrogens is 514 g/mol. The van der Waals surface area contributed by atoms with Gasteiger partial charge >= 0.3 is 0 Å². The Kier molecular flexibility index (Phi) is 11.1. The number of nitrogens with one attached hydrogen (secondary N) is 1. The average Bonchev–Trinajstić information content (AvgIpc) is 2.86. The van der Waals surface area contributed by atoms with E-state index in [-0.39, 0.29) is 17.5 Å². The van der Waals surface area contributed by atoms with Crippen LogP contribution in [0.15, 0.2) is 58.6 Å². The van der Waals surface area contributed by atoms with Gasteiger partial charge in [0.1, 0.15) is 29.2 Å². The minimum atomic E-state index is -0.530. The summed E-state index contributed by atoms with van der Waals surface area (Å²) in [5.74, 6) is 0.815. The lowest BCUT2D eigenvalue weighted by molar-refractivity contribution is 0.0915. The lowest BCUT2D eigenvalue weighted by Gasteiger charge is -2.31. The Hall–Kier alpha value is -2.76. The molecule has 1 aliphatic heterocycles. The number of benzene rings is 2. The van der Waals surface area contributed by atoms with Crippen LogP contribution in [0.4, 0.5) is 0 Å². The normalized spacial score (nSPS) is 16.1. The van der Waals surface area contributed by atoms with Crippen LogP contribution in [0.25, 0.3) is 0 Å². The first-order valence-electron chi connectivity index (χ1n) is 11.9. The van der Waals surface area contributed by atoms with Gasteiger partial charge in [-0.15, -0.1) is 0 Å². The van der Waals surface area contributed by atoms with E-state index < -0.39 is 5.91 Å². The van der Waals surface area contributed by atoms with Crippen molar-refractivity contribution in [1.29, 1.82) is 0 Å². The summed E-state index contributed by atoms with van der Waals surface area (Å²) in [5.41, 5.74) is 6.08. The fourth-order valence-corrected chi connectivity index (χ4v) is 4.71. The summed E-state index contributed by atoms with van der Waals surface area (Å²) in [4.78, 5) is 20.1. The highest BCUT2D eigenvalue weighted by molar-refractivity contribution is 7.97. The smallest absolute Gasteiger partial charge is 0.279 e. The molecule has 200 valence electrons. The molecular formula is C26H34ClN5O4S. The largest absolute Gasteiger partial charge is 0.488 e. The molecule has 37 heavy (non-hydrogen) atoms. The minimum Gasteiger partial charge on any atom is -0.488 e. The molecule has 1 aliphatic rings. The summed E-state index contributed by atoms with van der Waals surface area (Å²) in [7, 11) is 5.45. The van der Waals surface area contributed by atoms with Gasteiger partial charge in [-0.2, -0.15) is 4.99 Å². The van der Waals surface area contributed by atoms with Gasteiger partial charge in [0.25, 0.3) is 5.91 Å². The van der Waals surface area contributed by atoms with Gasteiger partial charge in [-0.25, -0.2) is 4.31 Å². The topological polar surface area (TPSA) is 102 Å². The highest BCUT2D eigenvalue weighted by atomic mass is 35.5. The predicted molar refractivity (Wildman–Crippen MR) is 149 cm³/mol. The third-order valence-corrected chi connectivity index (χ3v) is 6.73. The number of hydrogen-bond donors (Lipinski definition) is 2. The SMILES string of the molecule is CN/C=C\C(N)=NC(=O)c1cc(Oc2ccc(SN3CCN(C)CC3)cc2Cl)cc(OC(C)COC)c1. The molecule has 1 amide bonds. The number of amides is 1. The Morgan fingerprint density at radius 3 is 2.62 bits per heavy atom. The number of ether oxygens (including phenoxy) is 3. The maximum absolute atomic E-state index is 12.8. The molecule has 1 atom stereocenters. The summed E-state index contributed by atoms with van der Waals surface area (Å²) < 4.78 is 19.5. The van der Waals surface area contributed by atoms with Gasteiger partial charge in [0.15, 0.2) is 0 Å². The number of halogens is 1. The predicted octanol–water partition coefficient (Wildman–Crippen LogP) is 4.03. The Bertz CT molecular complexity index is 1120. The molecule has 2 aromatic rings. The highest BCUT2D eigenvalue weighted by Crippen LogP contribution is 2.36. The second kappa shape index (κ2) is 14.3.